The first kappa shape index (κ1) is 23.6. The number of nitrogens with zero attached hydrogens (tertiary/aromatic N) is 1. The van der Waals surface area contributed by atoms with Crippen molar-refractivity contribution < 1.29 is 0 Å². The van der Waals surface area contributed by atoms with Crippen LogP contribution < -0.4 is 17.2 Å². The fraction of sp³-hybridized carbons (Fsp3) is 0.545. The fourth-order valence-electron chi connectivity index (χ4n) is 3.43. The van der Waals surface area contributed by atoms with Crippen LogP contribution in [0.15, 0.2) is 59.8 Å². The molecule has 4 nitrogen and oxygen atoms in total. The van der Waals surface area contributed by atoms with Crippen molar-refractivity contribution in [2.75, 3.05) is 25.4 Å². The van der Waals surface area contributed by atoms with Crippen molar-refractivity contribution in [2.24, 2.45) is 17.2 Å². The quantitative estimate of drug-likeness (QED) is 0.266. The van der Waals surface area contributed by atoms with E-state index in [-0.39, 0.29) is 0 Å². The molecule has 6 N–H and O–H groups in total. The van der Waals surface area contributed by atoms with Crippen molar-refractivity contribution in [2.45, 2.75) is 51.0 Å². The van der Waals surface area contributed by atoms with Crippen molar-refractivity contribution in [1.82, 2.24) is 4.90 Å². The molecule has 0 amide bonds. The standard InChI is InChI=1S/C22H38N4S/c1-2-3-12-22(19-25)27-17-16-26(15-7-6-13-23)21-11-5-4-9-20(18-21)10-8-14-24/h2-3,8,10,12,14,19,21H,1,4-7,9,11,13,15-18,23-25H2/b12-3-,14-8-,20-10-,22-19-. The van der Waals surface area contributed by atoms with Gasteiger partial charge in [0.25, 0.3) is 0 Å². The van der Waals surface area contributed by atoms with Crippen LogP contribution in [0, 0.1) is 0 Å². The Balaban J connectivity index is 2.70. The summed E-state index contributed by atoms with van der Waals surface area (Å²) in [5.74, 6) is 1.03. The van der Waals surface area contributed by atoms with E-state index in [0.717, 1.165) is 49.6 Å². The van der Waals surface area contributed by atoms with Gasteiger partial charge in [-0.2, -0.15) is 0 Å². The van der Waals surface area contributed by atoms with Gasteiger partial charge in [-0.1, -0.05) is 36.8 Å². The van der Waals surface area contributed by atoms with E-state index in [9.17, 15) is 0 Å². The number of nitrogens with two attached hydrogens (primary N) is 3. The third kappa shape index (κ3) is 10.5. The maximum Gasteiger partial charge on any atom is 0.0227 e. The van der Waals surface area contributed by atoms with Gasteiger partial charge in [0.1, 0.15) is 0 Å². The highest BCUT2D eigenvalue weighted by Crippen LogP contribution is 2.27. The van der Waals surface area contributed by atoms with Crippen molar-refractivity contribution in [3.05, 3.63) is 59.8 Å². The zero-order valence-electron chi connectivity index (χ0n) is 16.7. The van der Waals surface area contributed by atoms with Gasteiger partial charge in [-0.15, -0.1) is 11.8 Å². The largest absolute Gasteiger partial charge is 0.405 e. The molecule has 1 atom stereocenters. The highest BCUT2D eigenvalue weighted by molar-refractivity contribution is 8.03. The Kier molecular flexibility index (Phi) is 13.7. The average molecular weight is 391 g/mol. The van der Waals surface area contributed by atoms with Gasteiger partial charge >= 0.3 is 0 Å². The molecule has 27 heavy (non-hydrogen) atoms. The first-order valence-corrected chi connectivity index (χ1v) is 11.1. The molecular weight excluding hydrogens is 352 g/mol. The van der Waals surface area contributed by atoms with Gasteiger partial charge in [-0.05, 0) is 70.0 Å². The van der Waals surface area contributed by atoms with Crippen molar-refractivity contribution >= 4 is 11.8 Å². The van der Waals surface area contributed by atoms with Crippen molar-refractivity contribution in [1.29, 1.82) is 0 Å². The van der Waals surface area contributed by atoms with Crippen molar-refractivity contribution in [3.8, 4) is 0 Å². The Morgan fingerprint density at radius 2 is 2.04 bits per heavy atom. The zero-order chi connectivity index (χ0) is 19.7. The van der Waals surface area contributed by atoms with E-state index in [0.29, 0.717) is 6.04 Å². The molecule has 0 bridgehead atoms. The van der Waals surface area contributed by atoms with Crippen LogP contribution >= 0.6 is 11.8 Å². The first-order chi connectivity index (χ1) is 13.2. The highest BCUT2D eigenvalue weighted by atomic mass is 32.2. The molecule has 1 aliphatic carbocycles. The van der Waals surface area contributed by atoms with E-state index < -0.39 is 0 Å². The van der Waals surface area contributed by atoms with Gasteiger partial charge in [-0.25, -0.2) is 0 Å². The monoisotopic (exact) mass is 390 g/mol. The third-order valence-corrected chi connectivity index (χ3v) is 5.84. The topological polar surface area (TPSA) is 81.3 Å². The summed E-state index contributed by atoms with van der Waals surface area (Å²) in [7, 11) is 0. The maximum absolute atomic E-state index is 5.74. The van der Waals surface area contributed by atoms with E-state index in [1.807, 2.05) is 18.2 Å². The van der Waals surface area contributed by atoms with E-state index in [1.54, 1.807) is 30.2 Å². The molecule has 0 saturated heterocycles. The molecule has 0 aliphatic heterocycles. The van der Waals surface area contributed by atoms with E-state index in [1.165, 1.54) is 31.3 Å². The second-order valence-corrected chi connectivity index (χ2v) is 8.03. The van der Waals surface area contributed by atoms with Gasteiger partial charge in [0.2, 0.25) is 0 Å². The zero-order valence-corrected chi connectivity index (χ0v) is 17.5. The number of hydrogen-bond donors (Lipinski definition) is 3. The molecule has 1 aliphatic rings. The lowest BCUT2D eigenvalue weighted by atomic mass is 10.0. The SMILES string of the molecule is C=C/C=C\C(=C\N)SCCN(CCCCN)C1CCCC/C(=C/C=C\N)C1. The minimum absolute atomic E-state index is 0.609. The predicted octanol–water partition coefficient (Wildman–Crippen LogP) is 4.03. The van der Waals surface area contributed by atoms with Crippen LogP contribution in [0.5, 0.6) is 0 Å². The summed E-state index contributed by atoms with van der Waals surface area (Å²) < 4.78 is 0. The molecule has 152 valence electrons. The van der Waals surface area contributed by atoms with Crippen LogP contribution in [0.4, 0.5) is 0 Å². The van der Waals surface area contributed by atoms with Gasteiger partial charge in [-0.3, -0.25) is 4.90 Å². The normalized spacial score (nSPS) is 20.7. The number of rotatable bonds is 12. The van der Waals surface area contributed by atoms with Crippen LogP contribution in [0.3, 0.4) is 0 Å². The minimum atomic E-state index is 0.609. The van der Waals surface area contributed by atoms with Crippen molar-refractivity contribution in [3.63, 3.8) is 0 Å². The van der Waals surface area contributed by atoms with Gasteiger partial charge in [0.15, 0.2) is 0 Å². The summed E-state index contributed by atoms with van der Waals surface area (Å²) in [6.07, 6.45) is 21.6. The van der Waals surface area contributed by atoms with Gasteiger partial charge in [0.05, 0.1) is 0 Å². The Bertz CT molecular complexity index is 522. The molecule has 0 aromatic heterocycles. The fourth-order valence-corrected chi connectivity index (χ4v) is 4.26. The summed E-state index contributed by atoms with van der Waals surface area (Å²) in [6, 6.07) is 0.609. The number of allylic oxidation sites excluding steroid dienone is 5. The second-order valence-electron chi connectivity index (χ2n) is 6.86. The maximum atomic E-state index is 5.74. The Hall–Kier alpha value is -1.43. The second kappa shape index (κ2) is 15.6. The Morgan fingerprint density at radius 3 is 2.74 bits per heavy atom. The lowest BCUT2D eigenvalue weighted by Gasteiger charge is -2.31. The molecule has 0 heterocycles. The van der Waals surface area contributed by atoms with Crippen LogP contribution in [0.25, 0.3) is 0 Å². The molecule has 0 spiro atoms. The Morgan fingerprint density at radius 1 is 1.19 bits per heavy atom. The predicted molar refractivity (Wildman–Crippen MR) is 122 cm³/mol. The molecule has 1 fully saturated rings. The summed E-state index contributed by atoms with van der Waals surface area (Å²) in [6.45, 7) is 6.67. The first-order valence-electron chi connectivity index (χ1n) is 10.1. The number of hydrogen-bond acceptors (Lipinski definition) is 5. The minimum Gasteiger partial charge on any atom is -0.405 e. The van der Waals surface area contributed by atoms with Crippen LogP contribution in [0.2, 0.25) is 0 Å². The molecule has 0 aromatic carbocycles. The van der Waals surface area contributed by atoms with E-state index in [4.69, 9.17) is 17.2 Å². The Labute approximate surface area is 170 Å². The lowest BCUT2D eigenvalue weighted by Crippen LogP contribution is -2.38. The van der Waals surface area contributed by atoms with E-state index >= 15 is 0 Å². The van der Waals surface area contributed by atoms with E-state index in [2.05, 4.69) is 17.6 Å². The van der Waals surface area contributed by atoms with Gasteiger partial charge in [0, 0.05) is 29.4 Å². The number of unbranched alkanes of at least 4 members (excludes halogenated alkanes) is 1. The summed E-state index contributed by atoms with van der Waals surface area (Å²) in [5.41, 5.74) is 18.5. The number of thioether (sulfide) groups is 1. The summed E-state index contributed by atoms with van der Waals surface area (Å²) in [4.78, 5) is 3.76. The van der Waals surface area contributed by atoms with Crippen LogP contribution in [-0.4, -0.2) is 36.3 Å². The van der Waals surface area contributed by atoms with Gasteiger partial charge < -0.3 is 17.2 Å². The van der Waals surface area contributed by atoms with Crippen LogP contribution in [-0.2, 0) is 0 Å². The molecule has 1 rings (SSSR count). The highest BCUT2D eigenvalue weighted by Gasteiger charge is 2.21. The summed E-state index contributed by atoms with van der Waals surface area (Å²) >= 11 is 1.81. The molecule has 0 aromatic rings. The molecule has 1 saturated carbocycles. The van der Waals surface area contributed by atoms with Crippen LogP contribution in [0.1, 0.15) is 44.9 Å². The third-order valence-electron chi connectivity index (χ3n) is 4.85. The lowest BCUT2D eigenvalue weighted by molar-refractivity contribution is 0.194. The molecular formula is C22H38N4S. The molecule has 0 radical (unpaired) electrons. The molecule has 1 unspecified atom stereocenters. The summed E-state index contributed by atoms with van der Waals surface area (Å²) in [5, 5.41) is 0. The smallest absolute Gasteiger partial charge is 0.0227 e. The average Bonchev–Trinajstić information content (AvgIpc) is 2.93. The molecule has 5 heteroatoms.